The van der Waals surface area contributed by atoms with Gasteiger partial charge in [0.1, 0.15) is 11.3 Å². The molecule has 31 heavy (non-hydrogen) atoms. The summed E-state index contributed by atoms with van der Waals surface area (Å²) < 4.78 is 5.68. The molecule has 1 amide bonds. The lowest BCUT2D eigenvalue weighted by atomic mass is 9.76. The van der Waals surface area contributed by atoms with Crippen LogP contribution in [-0.4, -0.2) is 18.2 Å². The number of ether oxygens (including phenoxy) is 1. The molecule has 1 aliphatic carbocycles. The fraction of sp³-hybridized carbons (Fsp3) is 0.500. The van der Waals surface area contributed by atoms with Gasteiger partial charge in [-0.25, -0.2) is 4.79 Å². The number of rotatable bonds is 7. The molecule has 2 aromatic carbocycles. The van der Waals surface area contributed by atoms with E-state index in [1.54, 1.807) is 0 Å². The van der Waals surface area contributed by atoms with Crippen LogP contribution >= 0.6 is 11.6 Å². The monoisotopic (exact) mass is 442 g/mol. The normalized spacial score (nSPS) is 17.0. The minimum atomic E-state index is -0.734. The smallest absolute Gasteiger partial charge is 0.409 e. The quantitative estimate of drug-likeness (QED) is 0.485. The zero-order valence-electron chi connectivity index (χ0n) is 18.9. The average molecular weight is 443 g/mol. The second kappa shape index (κ2) is 10.5. The van der Waals surface area contributed by atoms with E-state index < -0.39 is 17.4 Å². The molecule has 2 aromatic rings. The number of halogens is 1. The van der Waals surface area contributed by atoms with Crippen LogP contribution in [0.25, 0.3) is 0 Å². The van der Waals surface area contributed by atoms with Crippen molar-refractivity contribution < 1.29 is 9.53 Å². The van der Waals surface area contributed by atoms with Crippen molar-refractivity contribution in [1.82, 2.24) is 10.6 Å². The van der Waals surface area contributed by atoms with Gasteiger partial charge in [0, 0.05) is 11.6 Å². The van der Waals surface area contributed by atoms with Crippen LogP contribution < -0.4 is 10.6 Å². The molecule has 1 unspecified atom stereocenters. The van der Waals surface area contributed by atoms with Gasteiger partial charge in [-0.2, -0.15) is 0 Å². The molecular weight excluding hydrogens is 408 g/mol. The fourth-order valence-electron chi connectivity index (χ4n) is 4.48. The molecule has 0 spiro atoms. The van der Waals surface area contributed by atoms with Gasteiger partial charge in [-0.3, -0.25) is 10.6 Å². The minimum absolute atomic E-state index is 0.253. The Labute approximate surface area is 191 Å². The summed E-state index contributed by atoms with van der Waals surface area (Å²) in [5.74, 6) is 0.253. The maximum Gasteiger partial charge on any atom is 0.409 e. The van der Waals surface area contributed by atoms with Crippen LogP contribution in [0.2, 0.25) is 5.02 Å². The highest BCUT2D eigenvalue weighted by Gasteiger charge is 2.43. The summed E-state index contributed by atoms with van der Waals surface area (Å²) in [6, 6.07) is 18.2. The Kier molecular flexibility index (Phi) is 8.01. The zero-order valence-corrected chi connectivity index (χ0v) is 19.7. The Morgan fingerprint density at radius 1 is 1.03 bits per heavy atom. The molecule has 1 saturated carbocycles. The summed E-state index contributed by atoms with van der Waals surface area (Å²) in [4.78, 5) is 13.0. The largest absolute Gasteiger partial charge is 0.444 e. The fourth-order valence-corrected chi connectivity index (χ4v) is 4.67. The topological polar surface area (TPSA) is 50.4 Å². The van der Waals surface area contributed by atoms with Crippen LogP contribution in [0.1, 0.15) is 64.0 Å². The lowest BCUT2D eigenvalue weighted by Crippen LogP contribution is -2.62. The van der Waals surface area contributed by atoms with Gasteiger partial charge in [0.2, 0.25) is 0 Å². The SMILES string of the molecule is CC(C)(C)OC(=O)NC(NCCc1ccccc1)(c1cccc(Cl)c1)C1CCCCC1. The average Bonchev–Trinajstić information content (AvgIpc) is 2.73. The van der Waals surface area contributed by atoms with Crippen molar-refractivity contribution in [3.63, 3.8) is 0 Å². The maximum absolute atomic E-state index is 13.0. The van der Waals surface area contributed by atoms with Gasteiger partial charge in [-0.05, 0) is 69.2 Å². The summed E-state index contributed by atoms with van der Waals surface area (Å²) in [7, 11) is 0. The molecule has 0 radical (unpaired) electrons. The number of benzene rings is 2. The van der Waals surface area contributed by atoms with Crippen molar-refractivity contribution in [3.05, 3.63) is 70.7 Å². The highest BCUT2D eigenvalue weighted by Crippen LogP contribution is 2.38. The Morgan fingerprint density at radius 2 is 1.74 bits per heavy atom. The van der Waals surface area contributed by atoms with Crippen LogP contribution in [0.4, 0.5) is 4.79 Å². The molecule has 168 valence electrons. The van der Waals surface area contributed by atoms with Crippen molar-refractivity contribution in [3.8, 4) is 0 Å². The van der Waals surface area contributed by atoms with Crippen LogP contribution in [0.5, 0.6) is 0 Å². The lowest BCUT2D eigenvalue weighted by molar-refractivity contribution is 0.0309. The Morgan fingerprint density at radius 3 is 2.39 bits per heavy atom. The van der Waals surface area contributed by atoms with Gasteiger partial charge in [0.15, 0.2) is 0 Å². The number of amides is 1. The van der Waals surface area contributed by atoms with Crippen molar-refractivity contribution in [1.29, 1.82) is 0 Å². The third-order valence-corrected chi connectivity index (χ3v) is 6.09. The van der Waals surface area contributed by atoms with E-state index in [2.05, 4.69) is 34.9 Å². The first-order valence-corrected chi connectivity index (χ1v) is 11.7. The first-order chi connectivity index (χ1) is 14.8. The van der Waals surface area contributed by atoms with Gasteiger partial charge < -0.3 is 4.74 Å². The third-order valence-electron chi connectivity index (χ3n) is 5.86. The molecule has 5 heteroatoms. The predicted molar refractivity (Wildman–Crippen MR) is 127 cm³/mol. The van der Waals surface area contributed by atoms with Crippen molar-refractivity contribution >= 4 is 17.7 Å². The molecule has 2 N–H and O–H groups in total. The van der Waals surface area contributed by atoms with Crippen LogP contribution in [0.15, 0.2) is 54.6 Å². The first-order valence-electron chi connectivity index (χ1n) is 11.3. The second-order valence-electron chi connectivity index (χ2n) is 9.44. The summed E-state index contributed by atoms with van der Waals surface area (Å²) >= 11 is 6.39. The molecule has 0 aliphatic heterocycles. The molecule has 0 saturated heterocycles. The van der Waals surface area contributed by atoms with Crippen molar-refractivity contribution in [2.75, 3.05) is 6.54 Å². The molecule has 0 aromatic heterocycles. The highest BCUT2D eigenvalue weighted by atomic mass is 35.5. The van der Waals surface area contributed by atoms with E-state index in [4.69, 9.17) is 16.3 Å². The van der Waals surface area contributed by atoms with E-state index in [0.29, 0.717) is 5.02 Å². The molecule has 3 rings (SSSR count). The molecule has 1 atom stereocenters. The third kappa shape index (κ3) is 6.72. The van der Waals surface area contributed by atoms with E-state index in [-0.39, 0.29) is 5.92 Å². The van der Waals surface area contributed by atoms with E-state index in [1.807, 2.05) is 51.1 Å². The predicted octanol–water partition coefficient (Wildman–Crippen LogP) is 6.43. The highest BCUT2D eigenvalue weighted by molar-refractivity contribution is 6.30. The van der Waals surface area contributed by atoms with E-state index >= 15 is 0 Å². The Bertz CT molecular complexity index is 844. The standard InChI is InChI=1S/C26H35ClN2O2/c1-25(2,3)31-24(30)29-26(21-13-8-5-9-14-21,22-15-10-16-23(27)19-22)28-18-17-20-11-6-4-7-12-20/h4,6-7,10-12,15-16,19,21,28H,5,8-9,13-14,17-18H2,1-3H3,(H,29,30). The van der Waals surface area contributed by atoms with E-state index in [1.165, 1.54) is 12.0 Å². The molecule has 0 heterocycles. The molecule has 1 aliphatic rings. The van der Waals surface area contributed by atoms with Gasteiger partial charge in [0.25, 0.3) is 0 Å². The molecule has 1 fully saturated rings. The van der Waals surface area contributed by atoms with Crippen LogP contribution in [0, 0.1) is 5.92 Å². The number of carbonyl (C=O) groups is 1. The molecule has 4 nitrogen and oxygen atoms in total. The summed E-state index contributed by atoms with van der Waals surface area (Å²) in [6.07, 6.45) is 6.09. The maximum atomic E-state index is 13.0. The lowest BCUT2D eigenvalue weighted by Gasteiger charge is -2.44. The number of hydrogen-bond acceptors (Lipinski definition) is 3. The van der Waals surface area contributed by atoms with Gasteiger partial charge in [0.05, 0.1) is 0 Å². The van der Waals surface area contributed by atoms with Crippen LogP contribution in [-0.2, 0) is 16.8 Å². The summed E-state index contributed by atoms with van der Waals surface area (Å²) in [5, 5.41) is 7.66. The van der Waals surface area contributed by atoms with Crippen molar-refractivity contribution in [2.24, 2.45) is 5.92 Å². The van der Waals surface area contributed by atoms with E-state index in [9.17, 15) is 4.79 Å². The van der Waals surface area contributed by atoms with Crippen LogP contribution in [0.3, 0.4) is 0 Å². The van der Waals surface area contributed by atoms with Gasteiger partial charge >= 0.3 is 6.09 Å². The summed E-state index contributed by atoms with van der Waals surface area (Å²) in [6.45, 7) is 6.38. The van der Waals surface area contributed by atoms with Crippen molar-refractivity contribution in [2.45, 2.75) is 70.6 Å². The second-order valence-corrected chi connectivity index (χ2v) is 9.88. The first kappa shape index (κ1) is 23.6. The number of alkyl carbamates (subject to hydrolysis) is 1. The molecular formula is C26H35ClN2O2. The van der Waals surface area contributed by atoms with Gasteiger partial charge in [-0.15, -0.1) is 0 Å². The Hall–Kier alpha value is -2.04. The Balaban J connectivity index is 1.93. The number of carbonyl (C=O) groups excluding carboxylic acids is 1. The van der Waals surface area contributed by atoms with E-state index in [0.717, 1.165) is 44.2 Å². The molecule has 0 bridgehead atoms. The summed E-state index contributed by atoms with van der Waals surface area (Å²) in [5.41, 5.74) is 0.935. The minimum Gasteiger partial charge on any atom is -0.444 e. The zero-order chi connectivity index (χ0) is 22.3. The number of hydrogen-bond donors (Lipinski definition) is 2. The number of nitrogens with one attached hydrogen (secondary N) is 2. The van der Waals surface area contributed by atoms with Gasteiger partial charge in [-0.1, -0.05) is 73.3 Å².